The summed E-state index contributed by atoms with van der Waals surface area (Å²) < 4.78 is 11.6. The van der Waals surface area contributed by atoms with E-state index in [1.807, 2.05) is 0 Å². The van der Waals surface area contributed by atoms with Gasteiger partial charge in [-0.3, -0.25) is 9.59 Å². The summed E-state index contributed by atoms with van der Waals surface area (Å²) in [4.78, 5) is 26.4. The Kier molecular flexibility index (Phi) is 12.4. The molecule has 0 saturated carbocycles. The molecule has 38 heavy (non-hydrogen) atoms. The van der Waals surface area contributed by atoms with E-state index in [0.717, 1.165) is 25.7 Å². The van der Waals surface area contributed by atoms with E-state index in [9.17, 15) is 9.59 Å². The van der Waals surface area contributed by atoms with Crippen molar-refractivity contribution in [2.45, 2.75) is 78.1 Å². The van der Waals surface area contributed by atoms with Crippen LogP contribution in [0.2, 0.25) is 0 Å². The van der Waals surface area contributed by atoms with Crippen molar-refractivity contribution in [1.82, 2.24) is 0 Å². The van der Waals surface area contributed by atoms with Crippen molar-refractivity contribution in [1.29, 1.82) is 0 Å². The molecule has 6 heteroatoms. The van der Waals surface area contributed by atoms with Gasteiger partial charge in [0.2, 0.25) is 11.6 Å². The van der Waals surface area contributed by atoms with Crippen LogP contribution in [0.15, 0.2) is 58.6 Å². The van der Waals surface area contributed by atoms with Crippen LogP contribution in [0.3, 0.4) is 0 Å². The minimum Gasteiger partial charge on any atom is -0.494 e. The lowest BCUT2D eigenvalue weighted by molar-refractivity contribution is -0.113. The molecule has 0 amide bonds. The number of benzene rings is 2. The quantitative estimate of drug-likeness (QED) is 0.153. The maximum Gasteiger partial charge on any atom is 0.207 e. The molecule has 0 heterocycles. The van der Waals surface area contributed by atoms with Gasteiger partial charge in [0, 0.05) is 0 Å². The van der Waals surface area contributed by atoms with Crippen LogP contribution >= 0.6 is 23.2 Å². The van der Waals surface area contributed by atoms with E-state index >= 15 is 0 Å². The van der Waals surface area contributed by atoms with Gasteiger partial charge in [0.15, 0.2) is 0 Å². The van der Waals surface area contributed by atoms with Crippen LogP contribution in [0.4, 0.5) is 0 Å². The molecule has 0 unspecified atom stereocenters. The van der Waals surface area contributed by atoms with Crippen molar-refractivity contribution in [2.75, 3.05) is 13.2 Å². The van der Waals surface area contributed by atoms with Gasteiger partial charge in [-0.2, -0.15) is 0 Å². The fourth-order valence-electron chi connectivity index (χ4n) is 4.39. The Hall–Kier alpha value is -2.56. The number of rotatable bonds is 16. The fourth-order valence-corrected chi connectivity index (χ4v) is 4.97. The Morgan fingerprint density at radius 2 is 0.868 bits per heavy atom. The van der Waals surface area contributed by atoms with Crippen molar-refractivity contribution < 1.29 is 19.1 Å². The minimum absolute atomic E-state index is 0.111. The molecule has 204 valence electrons. The first-order valence-corrected chi connectivity index (χ1v) is 14.6. The van der Waals surface area contributed by atoms with Gasteiger partial charge in [0.1, 0.15) is 21.6 Å². The Morgan fingerprint density at radius 1 is 0.526 bits per heavy atom. The topological polar surface area (TPSA) is 52.6 Å². The van der Waals surface area contributed by atoms with Gasteiger partial charge < -0.3 is 9.47 Å². The molecule has 0 aromatic heterocycles. The number of ketones is 2. The molecule has 0 aliphatic heterocycles. The van der Waals surface area contributed by atoms with E-state index in [-0.39, 0.29) is 21.2 Å². The molecule has 0 saturated heterocycles. The smallest absolute Gasteiger partial charge is 0.207 e. The molecule has 2 aromatic carbocycles. The molecule has 1 aliphatic rings. The molecule has 0 N–H and O–H groups in total. The predicted octanol–water partition coefficient (Wildman–Crippen LogP) is 9.14. The Labute approximate surface area is 237 Å². The molecular formula is C32H38Cl2O4. The normalized spacial score (nSPS) is 13.9. The predicted molar refractivity (Wildman–Crippen MR) is 157 cm³/mol. The van der Waals surface area contributed by atoms with Crippen molar-refractivity contribution in [3.63, 3.8) is 0 Å². The van der Waals surface area contributed by atoms with E-state index in [2.05, 4.69) is 13.8 Å². The Morgan fingerprint density at radius 3 is 1.21 bits per heavy atom. The van der Waals surface area contributed by atoms with Gasteiger partial charge in [-0.25, -0.2) is 0 Å². The van der Waals surface area contributed by atoms with Gasteiger partial charge in [0.25, 0.3) is 0 Å². The molecule has 0 radical (unpaired) electrons. The second kappa shape index (κ2) is 15.8. The molecule has 2 aromatic rings. The lowest BCUT2D eigenvalue weighted by Crippen LogP contribution is -2.18. The number of ether oxygens (including phenoxy) is 2. The van der Waals surface area contributed by atoms with Crippen LogP contribution < -0.4 is 9.47 Å². The molecule has 1 aliphatic carbocycles. The van der Waals surface area contributed by atoms with Gasteiger partial charge in [-0.1, -0.05) is 113 Å². The van der Waals surface area contributed by atoms with E-state index in [4.69, 9.17) is 32.7 Å². The summed E-state index contributed by atoms with van der Waals surface area (Å²) in [6.07, 6.45) is 11.6. The molecule has 0 fully saturated rings. The number of hydrogen-bond donors (Lipinski definition) is 0. The summed E-state index contributed by atoms with van der Waals surface area (Å²) in [7, 11) is 0. The summed E-state index contributed by atoms with van der Waals surface area (Å²) in [5, 5.41) is -0.266. The van der Waals surface area contributed by atoms with Crippen molar-refractivity contribution in [3.8, 4) is 11.5 Å². The summed E-state index contributed by atoms with van der Waals surface area (Å²) in [5.74, 6) is 0.480. The monoisotopic (exact) mass is 556 g/mol. The number of carbonyl (C=O) groups excluding carboxylic acids is 2. The summed E-state index contributed by atoms with van der Waals surface area (Å²) in [6, 6.07) is 14.1. The fraction of sp³-hybridized carbons (Fsp3) is 0.438. The highest BCUT2D eigenvalue weighted by Gasteiger charge is 2.34. The maximum atomic E-state index is 13.2. The van der Waals surface area contributed by atoms with Crippen LogP contribution in [-0.4, -0.2) is 24.8 Å². The molecule has 0 bridgehead atoms. The standard InChI is InChI=1S/C32H38Cl2O4/c1-3-5-7-9-11-21-37-25-17-13-23(14-18-25)27-29(33)32(36)28(30(34)31(27)35)24-15-19-26(20-16-24)38-22-12-10-8-6-4-2/h13-20H,3-12,21-22H2,1-2H3. The number of unbranched alkanes of at least 4 members (excludes halogenated alkanes) is 8. The second-order valence-electron chi connectivity index (χ2n) is 9.61. The van der Waals surface area contributed by atoms with Gasteiger partial charge in [-0.15, -0.1) is 0 Å². The number of Topliss-reactive ketones (excluding diaryl/α,β-unsaturated/α-hetero) is 2. The number of halogens is 2. The highest BCUT2D eigenvalue weighted by Crippen LogP contribution is 2.39. The third-order valence-corrected chi connectivity index (χ3v) is 7.33. The van der Waals surface area contributed by atoms with Gasteiger partial charge >= 0.3 is 0 Å². The second-order valence-corrected chi connectivity index (χ2v) is 10.4. The van der Waals surface area contributed by atoms with Crippen LogP contribution in [0.5, 0.6) is 11.5 Å². The van der Waals surface area contributed by atoms with Crippen LogP contribution in [0.25, 0.3) is 11.1 Å². The summed E-state index contributed by atoms with van der Waals surface area (Å²) in [5.41, 5.74) is 1.28. The molecule has 4 nitrogen and oxygen atoms in total. The third kappa shape index (κ3) is 8.22. The summed E-state index contributed by atoms with van der Waals surface area (Å²) in [6.45, 7) is 5.67. The van der Waals surface area contributed by atoms with Crippen molar-refractivity contribution in [2.24, 2.45) is 0 Å². The zero-order valence-electron chi connectivity index (χ0n) is 22.5. The van der Waals surface area contributed by atoms with E-state index in [1.54, 1.807) is 48.5 Å². The number of hydrogen-bond acceptors (Lipinski definition) is 4. The lowest BCUT2D eigenvalue weighted by atomic mass is 9.88. The van der Waals surface area contributed by atoms with E-state index in [1.165, 1.54) is 38.5 Å². The first kappa shape index (κ1) is 30.0. The molecule has 0 atom stereocenters. The average Bonchev–Trinajstić information content (AvgIpc) is 2.93. The average molecular weight is 558 g/mol. The first-order chi connectivity index (χ1) is 18.5. The number of allylic oxidation sites excluding steroid dienone is 4. The Bertz CT molecular complexity index is 1040. The lowest BCUT2D eigenvalue weighted by Gasteiger charge is -2.19. The zero-order chi connectivity index (χ0) is 27.3. The van der Waals surface area contributed by atoms with Crippen molar-refractivity contribution in [3.05, 3.63) is 69.7 Å². The minimum atomic E-state index is -0.469. The summed E-state index contributed by atoms with van der Waals surface area (Å²) >= 11 is 12.9. The SMILES string of the molecule is CCCCCCCOc1ccc(C2=C(Cl)C(=O)C(c3ccc(OCCCCCCC)cc3)=C(Cl)C2=O)cc1. The van der Waals surface area contributed by atoms with Gasteiger partial charge in [0.05, 0.1) is 24.4 Å². The van der Waals surface area contributed by atoms with Crippen molar-refractivity contribution >= 4 is 45.9 Å². The maximum absolute atomic E-state index is 13.2. The molecular weight excluding hydrogens is 519 g/mol. The Balaban J connectivity index is 1.63. The third-order valence-electron chi connectivity index (χ3n) is 6.61. The number of carbonyl (C=O) groups is 2. The van der Waals surface area contributed by atoms with Gasteiger partial charge in [-0.05, 0) is 48.2 Å². The first-order valence-electron chi connectivity index (χ1n) is 13.8. The zero-order valence-corrected chi connectivity index (χ0v) is 24.0. The molecule has 3 rings (SSSR count). The highest BCUT2D eigenvalue weighted by molar-refractivity contribution is 6.68. The van der Waals surface area contributed by atoms with E-state index in [0.29, 0.717) is 35.8 Å². The van der Waals surface area contributed by atoms with Crippen LogP contribution in [0, 0.1) is 0 Å². The highest BCUT2D eigenvalue weighted by atomic mass is 35.5. The van der Waals surface area contributed by atoms with Crippen LogP contribution in [-0.2, 0) is 9.59 Å². The van der Waals surface area contributed by atoms with E-state index < -0.39 is 11.6 Å². The largest absolute Gasteiger partial charge is 0.494 e. The van der Waals surface area contributed by atoms with Crippen LogP contribution in [0.1, 0.15) is 89.2 Å². The molecule has 0 spiro atoms.